The van der Waals surface area contributed by atoms with E-state index in [4.69, 9.17) is 9.98 Å². The summed E-state index contributed by atoms with van der Waals surface area (Å²) in [5.74, 6) is 1.22. The van der Waals surface area contributed by atoms with Crippen LogP contribution >= 0.6 is 15.9 Å². The third-order valence-corrected chi connectivity index (χ3v) is 6.16. The van der Waals surface area contributed by atoms with E-state index in [2.05, 4.69) is 54.2 Å². The van der Waals surface area contributed by atoms with Crippen molar-refractivity contribution in [2.24, 2.45) is 16.8 Å². The zero-order valence-corrected chi connectivity index (χ0v) is 19.2. The van der Waals surface area contributed by atoms with Crippen molar-refractivity contribution in [2.45, 2.75) is 46.7 Å². The molecular formula is C24H27BrN4O. The van der Waals surface area contributed by atoms with Crippen LogP contribution in [0.2, 0.25) is 0 Å². The number of hydrogen-bond acceptors (Lipinski definition) is 4. The van der Waals surface area contributed by atoms with Gasteiger partial charge in [0.1, 0.15) is 0 Å². The second kappa shape index (κ2) is 8.72. The minimum absolute atomic E-state index is 0.0392. The van der Waals surface area contributed by atoms with Gasteiger partial charge < -0.3 is 5.32 Å². The number of rotatable bonds is 5. The minimum atomic E-state index is -0.0392. The highest BCUT2D eigenvalue weighted by molar-refractivity contribution is 9.10. The molecule has 0 amide bonds. The van der Waals surface area contributed by atoms with Crippen molar-refractivity contribution in [3.05, 3.63) is 74.2 Å². The van der Waals surface area contributed by atoms with Crippen molar-refractivity contribution in [1.29, 1.82) is 0 Å². The first-order chi connectivity index (χ1) is 14.4. The highest BCUT2D eigenvalue weighted by atomic mass is 79.9. The van der Waals surface area contributed by atoms with Gasteiger partial charge in [0.25, 0.3) is 5.56 Å². The summed E-state index contributed by atoms with van der Waals surface area (Å²) < 4.78 is 2.72. The van der Waals surface area contributed by atoms with Gasteiger partial charge in [0.05, 0.1) is 18.0 Å². The average Bonchev–Trinajstić information content (AvgIpc) is 2.73. The summed E-state index contributed by atoms with van der Waals surface area (Å²) in [6.07, 6.45) is 6.65. The van der Waals surface area contributed by atoms with Gasteiger partial charge in [0.15, 0.2) is 0 Å². The predicted octanol–water partition coefficient (Wildman–Crippen LogP) is 5.64. The molecule has 1 atom stereocenters. The molecule has 1 aromatic heterocycles. The Labute approximate surface area is 185 Å². The molecular weight excluding hydrogens is 440 g/mol. The summed E-state index contributed by atoms with van der Waals surface area (Å²) in [5, 5.41) is 3.33. The Bertz CT molecular complexity index is 1090. The number of anilines is 1. The van der Waals surface area contributed by atoms with Gasteiger partial charge in [0.2, 0.25) is 5.95 Å². The molecule has 1 aliphatic carbocycles. The molecule has 2 aliphatic rings. The molecule has 1 aliphatic heterocycles. The normalized spacial score (nSPS) is 18.4. The van der Waals surface area contributed by atoms with Crippen molar-refractivity contribution in [2.75, 3.05) is 5.32 Å². The molecule has 0 spiro atoms. The van der Waals surface area contributed by atoms with E-state index >= 15 is 0 Å². The van der Waals surface area contributed by atoms with Crippen molar-refractivity contribution in [3.8, 4) is 0 Å². The summed E-state index contributed by atoms with van der Waals surface area (Å²) in [7, 11) is 0. The molecule has 4 rings (SSSR count). The second-order valence-electron chi connectivity index (χ2n) is 8.32. The van der Waals surface area contributed by atoms with Crippen LogP contribution in [0.15, 0.2) is 67.9 Å². The molecule has 2 aromatic rings. The van der Waals surface area contributed by atoms with Crippen LogP contribution in [0.4, 0.5) is 11.6 Å². The first-order valence-electron chi connectivity index (χ1n) is 10.5. The number of fused-ring (bicyclic) bond motifs is 1. The first kappa shape index (κ1) is 20.8. The second-order valence-corrected chi connectivity index (χ2v) is 9.24. The molecule has 5 nitrogen and oxygen atoms in total. The lowest BCUT2D eigenvalue weighted by molar-refractivity contribution is 0.553. The van der Waals surface area contributed by atoms with Crippen molar-refractivity contribution >= 4 is 33.3 Å². The Morgan fingerprint density at radius 1 is 1.27 bits per heavy atom. The number of halogens is 1. The largest absolute Gasteiger partial charge is 0.379 e. The third-order valence-electron chi connectivity index (χ3n) is 5.63. The highest BCUT2D eigenvalue weighted by Crippen LogP contribution is 2.29. The van der Waals surface area contributed by atoms with Gasteiger partial charge in [-0.3, -0.25) is 9.36 Å². The molecule has 0 saturated heterocycles. The fourth-order valence-corrected chi connectivity index (χ4v) is 4.21. The minimum Gasteiger partial charge on any atom is -0.379 e. The number of nitrogens with zero attached hydrogens (tertiary/aromatic N) is 3. The number of allylic oxidation sites excluding steroid dienone is 4. The first-order valence-corrected chi connectivity index (χ1v) is 11.3. The number of aromatic nitrogens is 2. The van der Waals surface area contributed by atoms with Crippen LogP contribution in [0.3, 0.4) is 0 Å². The van der Waals surface area contributed by atoms with Gasteiger partial charge in [-0.1, -0.05) is 48.9 Å². The molecule has 6 heteroatoms. The molecule has 0 fully saturated rings. The maximum Gasteiger partial charge on any atom is 0.255 e. The molecule has 1 N–H and O–H groups in total. The fraction of sp³-hybridized carbons (Fsp3) is 0.375. The Hall–Kier alpha value is -2.47. The van der Waals surface area contributed by atoms with E-state index in [-0.39, 0.29) is 11.5 Å². The topological polar surface area (TPSA) is 59.3 Å². The average molecular weight is 467 g/mol. The predicted molar refractivity (Wildman–Crippen MR) is 126 cm³/mol. The number of benzene rings is 1. The van der Waals surface area contributed by atoms with Crippen LogP contribution in [0.1, 0.15) is 39.3 Å². The fourth-order valence-electron chi connectivity index (χ4n) is 3.95. The van der Waals surface area contributed by atoms with Crippen LogP contribution in [0.25, 0.3) is 0 Å². The monoisotopic (exact) mass is 466 g/mol. The van der Waals surface area contributed by atoms with Gasteiger partial charge in [-0.05, 0) is 54.2 Å². The molecule has 2 heterocycles. The maximum absolute atomic E-state index is 12.7. The Morgan fingerprint density at radius 3 is 2.77 bits per heavy atom. The zero-order chi connectivity index (χ0) is 21.3. The maximum atomic E-state index is 12.7. The van der Waals surface area contributed by atoms with E-state index in [9.17, 15) is 4.79 Å². The standard InChI is InChI=1S/C24H27BrN4O/c1-15(2)17-5-4-6-18(11-17)23-16(3)14-29-22(30)12-21(27-24(29)28-23)13-26-20-9-7-19(25)8-10-20/h5,7-12,15-16,26H,4,6,13-14H2,1-3H3. The van der Waals surface area contributed by atoms with Crippen LogP contribution in [0.5, 0.6) is 0 Å². The summed E-state index contributed by atoms with van der Waals surface area (Å²) >= 11 is 3.44. The molecule has 0 radical (unpaired) electrons. The highest BCUT2D eigenvalue weighted by Gasteiger charge is 2.25. The van der Waals surface area contributed by atoms with Crippen LogP contribution in [0, 0.1) is 11.8 Å². The van der Waals surface area contributed by atoms with Gasteiger partial charge in [-0.2, -0.15) is 0 Å². The number of nitrogens with one attached hydrogen (secondary N) is 1. The van der Waals surface area contributed by atoms with Gasteiger partial charge >= 0.3 is 0 Å². The Kier molecular flexibility index (Phi) is 6.04. The quantitative estimate of drug-likeness (QED) is 0.619. The molecule has 0 saturated carbocycles. The lowest BCUT2D eigenvalue weighted by atomic mass is 9.86. The summed E-state index contributed by atoms with van der Waals surface area (Å²) in [6.45, 7) is 7.69. The van der Waals surface area contributed by atoms with Crippen LogP contribution in [-0.4, -0.2) is 15.3 Å². The van der Waals surface area contributed by atoms with E-state index in [1.165, 1.54) is 11.1 Å². The van der Waals surface area contributed by atoms with Crippen LogP contribution in [-0.2, 0) is 13.1 Å². The Balaban J connectivity index is 1.62. The smallest absolute Gasteiger partial charge is 0.255 e. The van der Waals surface area contributed by atoms with Crippen molar-refractivity contribution in [1.82, 2.24) is 9.55 Å². The SMILES string of the molecule is CC(C)C1=CCCC(C2=Nc3nc(CNc4ccc(Br)cc4)cc(=O)n3CC2C)=C1. The van der Waals surface area contributed by atoms with Gasteiger partial charge in [-0.15, -0.1) is 0 Å². The van der Waals surface area contributed by atoms with Crippen molar-refractivity contribution < 1.29 is 0 Å². The number of aliphatic imine (C=N–C) groups is 1. The third kappa shape index (κ3) is 4.48. The lowest BCUT2D eigenvalue weighted by Gasteiger charge is -2.26. The molecule has 156 valence electrons. The zero-order valence-electron chi connectivity index (χ0n) is 17.7. The molecule has 30 heavy (non-hydrogen) atoms. The molecule has 0 bridgehead atoms. The summed E-state index contributed by atoms with van der Waals surface area (Å²) in [5.41, 5.74) is 5.37. The summed E-state index contributed by atoms with van der Waals surface area (Å²) in [6, 6.07) is 9.55. The van der Waals surface area contributed by atoms with Gasteiger partial charge in [0, 0.05) is 28.7 Å². The van der Waals surface area contributed by atoms with E-state index in [1.54, 1.807) is 10.6 Å². The van der Waals surface area contributed by atoms with Gasteiger partial charge in [-0.25, -0.2) is 9.98 Å². The van der Waals surface area contributed by atoms with E-state index < -0.39 is 0 Å². The van der Waals surface area contributed by atoms with Crippen molar-refractivity contribution in [3.63, 3.8) is 0 Å². The number of hydrogen-bond donors (Lipinski definition) is 1. The van der Waals surface area contributed by atoms with E-state index in [1.807, 2.05) is 24.3 Å². The van der Waals surface area contributed by atoms with E-state index in [0.717, 1.165) is 28.7 Å². The Morgan fingerprint density at radius 2 is 2.03 bits per heavy atom. The lowest BCUT2D eigenvalue weighted by Crippen LogP contribution is -2.32. The van der Waals surface area contributed by atoms with E-state index in [0.29, 0.717) is 30.6 Å². The summed E-state index contributed by atoms with van der Waals surface area (Å²) in [4.78, 5) is 22.3. The molecule has 1 aromatic carbocycles. The van der Waals surface area contributed by atoms with Crippen LogP contribution < -0.4 is 10.9 Å². The molecule has 1 unspecified atom stereocenters.